The van der Waals surface area contributed by atoms with Gasteiger partial charge >= 0.3 is 12.4 Å². The van der Waals surface area contributed by atoms with Gasteiger partial charge in [-0.2, -0.15) is 26.3 Å². The fraction of sp³-hybridized carbons (Fsp3) is 1.00. The summed E-state index contributed by atoms with van der Waals surface area (Å²) in [6.07, 6.45) is -14.8. The Hall–Kier alpha value is -0.490. The zero-order valence-corrected chi connectivity index (χ0v) is 6.51. The van der Waals surface area contributed by atoms with Gasteiger partial charge in [0.05, 0.1) is 12.3 Å². The Morgan fingerprint density at radius 2 is 1.38 bits per heavy atom. The van der Waals surface area contributed by atoms with Gasteiger partial charge in [-0.05, 0) is 0 Å². The summed E-state index contributed by atoms with van der Waals surface area (Å²) in [6, 6.07) is 0. The Morgan fingerprint density at radius 1 is 1.00 bits per heavy atom. The molecule has 2 atom stereocenters. The maximum Gasteiger partial charge on any atom is 0.394 e. The molecule has 80 valence electrons. The average molecular weight is 212 g/mol. The molecule has 0 bridgehead atoms. The molecule has 0 aromatic rings. The second kappa shape index (κ2) is 3.71. The van der Waals surface area contributed by atoms with Gasteiger partial charge in [0, 0.05) is 0 Å². The van der Waals surface area contributed by atoms with Crippen LogP contribution in [0.2, 0.25) is 0 Å². The van der Waals surface area contributed by atoms with Gasteiger partial charge in [-0.25, -0.2) is 4.39 Å². The van der Waals surface area contributed by atoms with Crippen LogP contribution in [0.15, 0.2) is 0 Å². The molecule has 0 radical (unpaired) electrons. The first kappa shape index (κ1) is 12.5. The highest BCUT2D eigenvalue weighted by Gasteiger charge is 2.45. The van der Waals surface area contributed by atoms with Crippen molar-refractivity contribution in [1.29, 1.82) is 0 Å². The lowest BCUT2D eigenvalue weighted by Gasteiger charge is -2.20. The lowest BCUT2D eigenvalue weighted by atomic mass is 10.0. The molecule has 0 amide bonds. The van der Waals surface area contributed by atoms with Crippen LogP contribution in [0.3, 0.4) is 0 Å². The van der Waals surface area contributed by atoms with Gasteiger partial charge in [0.1, 0.15) is 6.17 Å². The Balaban J connectivity index is 4.20. The number of halogens is 7. The molecule has 0 rings (SSSR count). The molecule has 2 unspecified atom stereocenters. The molecule has 0 spiro atoms. The summed E-state index contributed by atoms with van der Waals surface area (Å²) in [5.41, 5.74) is 0. The van der Waals surface area contributed by atoms with Crippen molar-refractivity contribution in [3.05, 3.63) is 0 Å². The lowest BCUT2D eigenvalue weighted by Crippen LogP contribution is -2.32. The van der Waals surface area contributed by atoms with E-state index in [1.54, 1.807) is 0 Å². The third-order valence-electron chi connectivity index (χ3n) is 1.49. The minimum absolute atomic E-state index is 0.385. The Kier molecular flexibility index (Phi) is 3.57. The molecule has 0 aliphatic rings. The molecular formula is C6H7F7. The van der Waals surface area contributed by atoms with Crippen LogP contribution in [-0.4, -0.2) is 18.5 Å². The molecule has 0 saturated carbocycles. The molecule has 0 nitrogen and oxygen atoms in total. The van der Waals surface area contributed by atoms with E-state index in [0.29, 0.717) is 6.92 Å². The van der Waals surface area contributed by atoms with Gasteiger partial charge in [0.15, 0.2) is 0 Å². The van der Waals surface area contributed by atoms with E-state index in [0.717, 1.165) is 0 Å². The van der Waals surface area contributed by atoms with Crippen LogP contribution in [0.4, 0.5) is 30.7 Å². The van der Waals surface area contributed by atoms with E-state index in [9.17, 15) is 30.7 Å². The minimum Gasteiger partial charge on any atom is -0.246 e. The van der Waals surface area contributed by atoms with E-state index in [1.165, 1.54) is 0 Å². The molecular weight excluding hydrogens is 205 g/mol. The Morgan fingerprint density at radius 3 is 1.62 bits per heavy atom. The zero-order chi connectivity index (χ0) is 10.9. The summed E-state index contributed by atoms with van der Waals surface area (Å²) < 4.78 is 81.7. The summed E-state index contributed by atoms with van der Waals surface area (Å²) in [6.45, 7) is 0.385. The van der Waals surface area contributed by atoms with Crippen molar-refractivity contribution in [1.82, 2.24) is 0 Å². The highest BCUT2D eigenvalue weighted by molar-refractivity contribution is 4.74. The number of rotatable bonds is 2. The second-order valence-electron chi connectivity index (χ2n) is 2.67. The van der Waals surface area contributed by atoms with Crippen LogP contribution in [0, 0.1) is 5.92 Å². The molecule has 0 aromatic carbocycles. The monoisotopic (exact) mass is 212 g/mol. The Labute approximate surface area is 69.7 Å². The summed E-state index contributed by atoms with van der Waals surface area (Å²) in [5.74, 6) is -2.59. The van der Waals surface area contributed by atoms with Crippen molar-refractivity contribution in [3.8, 4) is 0 Å². The molecule has 13 heavy (non-hydrogen) atoms. The molecule has 0 saturated heterocycles. The van der Waals surface area contributed by atoms with Crippen molar-refractivity contribution < 1.29 is 30.7 Å². The number of alkyl halides is 7. The van der Waals surface area contributed by atoms with Gasteiger partial charge in [-0.15, -0.1) is 0 Å². The second-order valence-corrected chi connectivity index (χ2v) is 2.67. The van der Waals surface area contributed by atoms with Crippen molar-refractivity contribution in [2.24, 2.45) is 5.92 Å². The van der Waals surface area contributed by atoms with E-state index >= 15 is 0 Å². The summed E-state index contributed by atoms with van der Waals surface area (Å²) in [4.78, 5) is 0. The lowest BCUT2D eigenvalue weighted by molar-refractivity contribution is -0.204. The topological polar surface area (TPSA) is 0 Å². The van der Waals surface area contributed by atoms with Crippen molar-refractivity contribution in [3.63, 3.8) is 0 Å². The maximum absolute atomic E-state index is 12.3. The number of hydrogen-bond acceptors (Lipinski definition) is 0. The predicted molar refractivity (Wildman–Crippen MR) is 30.8 cm³/mol. The fourth-order valence-corrected chi connectivity index (χ4v) is 0.603. The van der Waals surface area contributed by atoms with E-state index in [1.807, 2.05) is 0 Å². The van der Waals surface area contributed by atoms with Crippen LogP contribution in [0.25, 0.3) is 0 Å². The fourth-order valence-electron chi connectivity index (χ4n) is 0.603. The molecule has 0 fully saturated rings. The van der Waals surface area contributed by atoms with Gasteiger partial charge in [-0.3, -0.25) is 0 Å². The highest BCUT2D eigenvalue weighted by atomic mass is 19.4. The van der Waals surface area contributed by atoms with Crippen LogP contribution >= 0.6 is 0 Å². The van der Waals surface area contributed by atoms with E-state index in [-0.39, 0.29) is 0 Å². The van der Waals surface area contributed by atoms with Crippen molar-refractivity contribution in [2.45, 2.75) is 31.9 Å². The SMILES string of the molecule is CC(C(F)CC(F)(F)F)C(F)(F)F. The first-order valence-electron chi connectivity index (χ1n) is 3.31. The molecule has 0 aliphatic carbocycles. The highest BCUT2D eigenvalue weighted by Crippen LogP contribution is 2.35. The summed E-state index contributed by atoms with van der Waals surface area (Å²) in [7, 11) is 0. The quantitative estimate of drug-likeness (QED) is 0.614. The van der Waals surface area contributed by atoms with Gasteiger partial charge in [0.25, 0.3) is 0 Å². The Bertz CT molecular complexity index is 155. The zero-order valence-electron chi connectivity index (χ0n) is 6.51. The van der Waals surface area contributed by atoms with E-state index in [2.05, 4.69) is 0 Å². The molecule has 0 aromatic heterocycles. The van der Waals surface area contributed by atoms with Gasteiger partial charge in [0.2, 0.25) is 0 Å². The molecule has 7 heteroatoms. The predicted octanol–water partition coefficient (Wildman–Crippen LogP) is 3.48. The van der Waals surface area contributed by atoms with Crippen LogP contribution in [-0.2, 0) is 0 Å². The molecule has 0 aliphatic heterocycles. The largest absolute Gasteiger partial charge is 0.394 e. The third-order valence-corrected chi connectivity index (χ3v) is 1.49. The van der Waals surface area contributed by atoms with Crippen LogP contribution in [0.5, 0.6) is 0 Å². The van der Waals surface area contributed by atoms with Crippen LogP contribution in [0.1, 0.15) is 13.3 Å². The average Bonchev–Trinajstić information content (AvgIpc) is 1.79. The summed E-state index contributed by atoms with van der Waals surface area (Å²) >= 11 is 0. The smallest absolute Gasteiger partial charge is 0.246 e. The van der Waals surface area contributed by atoms with Crippen molar-refractivity contribution in [2.75, 3.05) is 0 Å². The molecule has 0 heterocycles. The van der Waals surface area contributed by atoms with E-state index < -0.39 is 30.9 Å². The first-order chi connectivity index (χ1) is 5.54. The van der Waals surface area contributed by atoms with Gasteiger partial charge < -0.3 is 0 Å². The van der Waals surface area contributed by atoms with E-state index in [4.69, 9.17) is 0 Å². The maximum atomic E-state index is 12.3. The number of hydrogen-bond donors (Lipinski definition) is 0. The normalized spacial score (nSPS) is 18.5. The van der Waals surface area contributed by atoms with Crippen molar-refractivity contribution >= 4 is 0 Å². The summed E-state index contributed by atoms with van der Waals surface area (Å²) in [5, 5.41) is 0. The standard InChI is InChI=1S/C6H7F7/c1-3(6(11,12)13)4(7)2-5(8,9)10/h3-4H,2H2,1H3. The minimum atomic E-state index is -4.93. The van der Waals surface area contributed by atoms with Crippen LogP contribution < -0.4 is 0 Å². The van der Waals surface area contributed by atoms with Gasteiger partial charge in [-0.1, -0.05) is 6.92 Å². The molecule has 0 N–H and O–H groups in total. The first-order valence-corrected chi connectivity index (χ1v) is 3.31. The third kappa shape index (κ3) is 4.94.